The average molecular weight is 282 g/mol. The Morgan fingerprint density at radius 2 is 1.95 bits per heavy atom. The molecule has 4 aliphatic carbocycles. The average Bonchev–Trinajstić information content (AvgIpc) is 2.77. The van der Waals surface area contributed by atoms with Gasteiger partial charge in [0.1, 0.15) is 11.9 Å². The first-order valence-electron chi connectivity index (χ1n) is 7.42. The first-order chi connectivity index (χ1) is 9.12. The van der Waals surface area contributed by atoms with Crippen LogP contribution in [0.1, 0.15) is 40.0 Å². The van der Waals surface area contributed by atoms with Gasteiger partial charge in [0.15, 0.2) is 0 Å². The van der Waals surface area contributed by atoms with E-state index in [4.69, 9.17) is 4.74 Å². The summed E-state index contributed by atoms with van der Waals surface area (Å²) in [4.78, 5) is 12.8. The molecule has 1 heterocycles. The summed E-state index contributed by atoms with van der Waals surface area (Å²) in [5, 5.41) is 33.3. The lowest BCUT2D eigenvalue weighted by Crippen LogP contribution is -2.83. The number of ether oxygens (including phenoxy) is 1. The minimum Gasteiger partial charge on any atom is -0.388 e. The molecule has 5 rings (SSSR count). The second-order valence-electron chi connectivity index (χ2n) is 7.79. The van der Waals surface area contributed by atoms with E-state index in [-0.39, 0.29) is 24.7 Å². The normalized spacial score (nSPS) is 67.6. The van der Waals surface area contributed by atoms with Crippen LogP contribution in [0.25, 0.3) is 0 Å². The standard InChI is InChI=1S/C15H22O5/c1-8-4-5-14(18)11(2)7-20-15(19)10(17)13(8,14)6-9(16)12(11,15)3/h8,10,17-19H,4-7H2,1-3H3/t8-,10-,11-,12-,13+,14+,15?/m1/s1. The highest BCUT2D eigenvalue weighted by atomic mass is 16.6. The zero-order chi connectivity index (χ0) is 14.8. The Balaban J connectivity index is 2.10. The molecule has 0 radical (unpaired) electrons. The molecule has 5 fully saturated rings. The molecule has 1 spiro atoms. The van der Waals surface area contributed by atoms with Crippen molar-refractivity contribution in [3.05, 3.63) is 0 Å². The maximum atomic E-state index is 12.8. The molecule has 4 saturated carbocycles. The number of rotatable bonds is 0. The third-order valence-corrected chi connectivity index (χ3v) is 7.77. The number of ketones is 1. The number of carbonyl (C=O) groups is 1. The molecule has 3 N–H and O–H groups in total. The van der Waals surface area contributed by atoms with Crippen LogP contribution in [-0.4, -0.2) is 45.2 Å². The maximum Gasteiger partial charge on any atom is 0.206 e. The fourth-order valence-electron chi connectivity index (χ4n) is 6.15. The van der Waals surface area contributed by atoms with Crippen molar-refractivity contribution in [2.24, 2.45) is 22.2 Å². The number of hydrogen-bond acceptors (Lipinski definition) is 5. The van der Waals surface area contributed by atoms with Crippen molar-refractivity contribution in [1.29, 1.82) is 0 Å². The predicted molar refractivity (Wildman–Crippen MR) is 68.5 cm³/mol. The van der Waals surface area contributed by atoms with Gasteiger partial charge in [-0.05, 0) is 25.7 Å². The Morgan fingerprint density at radius 1 is 1.30 bits per heavy atom. The van der Waals surface area contributed by atoms with E-state index in [0.29, 0.717) is 6.42 Å². The van der Waals surface area contributed by atoms with E-state index in [1.807, 2.05) is 13.8 Å². The molecule has 1 aliphatic heterocycles. The molecule has 0 aromatic heterocycles. The van der Waals surface area contributed by atoms with Gasteiger partial charge in [-0.25, -0.2) is 0 Å². The van der Waals surface area contributed by atoms with Crippen LogP contribution < -0.4 is 0 Å². The van der Waals surface area contributed by atoms with Crippen molar-refractivity contribution in [3.63, 3.8) is 0 Å². The van der Waals surface area contributed by atoms with Crippen molar-refractivity contribution >= 4 is 5.78 Å². The summed E-state index contributed by atoms with van der Waals surface area (Å²) in [5.74, 6) is -1.99. The van der Waals surface area contributed by atoms with Crippen LogP contribution >= 0.6 is 0 Å². The Kier molecular flexibility index (Phi) is 1.98. The summed E-state index contributed by atoms with van der Waals surface area (Å²) >= 11 is 0. The van der Waals surface area contributed by atoms with Gasteiger partial charge in [-0.2, -0.15) is 0 Å². The zero-order valence-corrected chi connectivity index (χ0v) is 12.1. The minimum absolute atomic E-state index is 0.0242. The molecule has 5 heteroatoms. The number of Topliss-reactive ketones (excluding diaryl/α,β-unsaturated/α-hetero) is 1. The molecule has 4 bridgehead atoms. The molecule has 1 unspecified atom stereocenters. The highest BCUT2D eigenvalue weighted by molar-refractivity contribution is 5.91. The van der Waals surface area contributed by atoms with E-state index >= 15 is 0 Å². The van der Waals surface area contributed by atoms with Gasteiger partial charge in [-0.15, -0.1) is 0 Å². The van der Waals surface area contributed by atoms with Crippen molar-refractivity contribution in [1.82, 2.24) is 0 Å². The lowest BCUT2D eigenvalue weighted by Gasteiger charge is -2.69. The molecule has 20 heavy (non-hydrogen) atoms. The predicted octanol–water partition coefficient (Wildman–Crippen LogP) is 0.212. The fraction of sp³-hybridized carbons (Fsp3) is 0.933. The Hall–Kier alpha value is -0.490. The molecule has 0 aromatic rings. The van der Waals surface area contributed by atoms with Gasteiger partial charge < -0.3 is 20.1 Å². The number of carbonyl (C=O) groups excluding carboxylic acids is 1. The van der Waals surface area contributed by atoms with Crippen molar-refractivity contribution < 1.29 is 24.9 Å². The first kappa shape index (κ1) is 13.2. The highest BCUT2D eigenvalue weighted by Gasteiger charge is 2.91. The van der Waals surface area contributed by atoms with E-state index < -0.39 is 33.7 Å². The SMILES string of the molecule is C[C@@H]1CC[C@@]2(O)[C@@]13CC(=O)[C@@]1(C)C(O)(OC[C@@]21C)[C@@H]3O. The maximum absolute atomic E-state index is 12.8. The highest BCUT2D eigenvalue weighted by Crippen LogP contribution is 2.79. The lowest BCUT2D eigenvalue weighted by molar-refractivity contribution is -0.368. The molecular weight excluding hydrogens is 260 g/mol. The summed E-state index contributed by atoms with van der Waals surface area (Å²) in [6, 6.07) is 0. The van der Waals surface area contributed by atoms with Gasteiger partial charge in [0.05, 0.1) is 17.6 Å². The molecule has 5 aliphatic rings. The minimum atomic E-state index is -1.87. The molecular formula is C15H22O5. The largest absolute Gasteiger partial charge is 0.388 e. The van der Waals surface area contributed by atoms with Crippen LogP contribution in [0.2, 0.25) is 0 Å². The van der Waals surface area contributed by atoms with E-state index in [1.54, 1.807) is 6.92 Å². The molecule has 1 saturated heterocycles. The number of fused-ring (bicyclic) bond motifs is 1. The summed E-state index contributed by atoms with van der Waals surface area (Å²) in [5.41, 5.74) is -4.25. The summed E-state index contributed by atoms with van der Waals surface area (Å²) < 4.78 is 5.56. The zero-order valence-electron chi connectivity index (χ0n) is 12.1. The van der Waals surface area contributed by atoms with Gasteiger partial charge in [-0.3, -0.25) is 4.79 Å². The molecule has 5 nitrogen and oxygen atoms in total. The van der Waals surface area contributed by atoms with Crippen molar-refractivity contribution in [2.45, 2.75) is 57.5 Å². The topological polar surface area (TPSA) is 87.0 Å². The second-order valence-corrected chi connectivity index (χ2v) is 7.79. The van der Waals surface area contributed by atoms with E-state index in [9.17, 15) is 20.1 Å². The van der Waals surface area contributed by atoms with Gasteiger partial charge in [0.2, 0.25) is 5.79 Å². The summed E-state index contributed by atoms with van der Waals surface area (Å²) in [6.45, 7) is 5.54. The quantitative estimate of drug-likeness (QED) is 0.591. The number of aliphatic hydroxyl groups is 3. The van der Waals surface area contributed by atoms with E-state index in [0.717, 1.165) is 6.42 Å². The van der Waals surface area contributed by atoms with Crippen LogP contribution in [0, 0.1) is 22.2 Å². The van der Waals surface area contributed by atoms with Gasteiger partial charge in [0.25, 0.3) is 0 Å². The Morgan fingerprint density at radius 3 is 2.60 bits per heavy atom. The number of hydrogen-bond donors (Lipinski definition) is 3. The van der Waals surface area contributed by atoms with Crippen LogP contribution in [0.3, 0.4) is 0 Å². The lowest BCUT2D eigenvalue weighted by atomic mass is 9.35. The fourth-order valence-corrected chi connectivity index (χ4v) is 6.15. The van der Waals surface area contributed by atoms with E-state index in [2.05, 4.69) is 0 Å². The third kappa shape index (κ3) is 0.794. The smallest absolute Gasteiger partial charge is 0.206 e. The monoisotopic (exact) mass is 282 g/mol. The number of aliphatic hydroxyl groups excluding tert-OH is 1. The second kappa shape index (κ2) is 3.00. The molecule has 112 valence electrons. The van der Waals surface area contributed by atoms with Crippen molar-refractivity contribution in [3.8, 4) is 0 Å². The van der Waals surface area contributed by atoms with Crippen LogP contribution in [-0.2, 0) is 9.53 Å². The Bertz CT molecular complexity index is 534. The molecule has 0 amide bonds. The van der Waals surface area contributed by atoms with Gasteiger partial charge in [0, 0.05) is 17.3 Å². The van der Waals surface area contributed by atoms with Crippen LogP contribution in [0.5, 0.6) is 0 Å². The van der Waals surface area contributed by atoms with Crippen LogP contribution in [0.15, 0.2) is 0 Å². The molecule has 7 atom stereocenters. The summed E-state index contributed by atoms with van der Waals surface area (Å²) in [6.07, 6.45) is 0.201. The van der Waals surface area contributed by atoms with E-state index in [1.165, 1.54) is 0 Å². The first-order valence-corrected chi connectivity index (χ1v) is 7.42. The van der Waals surface area contributed by atoms with Crippen LogP contribution in [0.4, 0.5) is 0 Å². The Labute approximate surface area is 117 Å². The van der Waals surface area contributed by atoms with Gasteiger partial charge >= 0.3 is 0 Å². The van der Waals surface area contributed by atoms with Crippen molar-refractivity contribution in [2.75, 3.05) is 6.61 Å². The summed E-state index contributed by atoms with van der Waals surface area (Å²) in [7, 11) is 0. The van der Waals surface area contributed by atoms with Gasteiger partial charge in [-0.1, -0.05) is 13.8 Å². The molecule has 0 aromatic carbocycles. The third-order valence-electron chi connectivity index (χ3n) is 7.77.